The number of hydrogen-bond donors (Lipinski definition) is 0. The first kappa shape index (κ1) is 15.2. The monoisotopic (exact) mass is 226 g/mol. The molecule has 0 radical (unpaired) electrons. The van der Waals surface area contributed by atoms with Crippen LogP contribution in [-0.2, 0) is 9.53 Å². The van der Waals surface area contributed by atoms with Gasteiger partial charge in [0.05, 0.1) is 6.26 Å². The molecule has 0 heterocycles. The predicted molar refractivity (Wildman–Crippen MR) is 68.1 cm³/mol. The number of unbranched alkanes of at least 4 members (excludes halogenated alkanes) is 5. The van der Waals surface area contributed by atoms with Crippen LogP contribution in [0.2, 0.25) is 0 Å². The lowest BCUT2D eigenvalue weighted by Gasteiger charge is -2.03. The van der Waals surface area contributed by atoms with Crippen molar-refractivity contribution in [2.45, 2.75) is 65.7 Å². The Labute approximate surface area is 100 Å². The first-order valence-electron chi connectivity index (χ1n) is 6.45. The molecular formula is C14H26O2. The summed E-state index contributed by atoms with van der Waals surface area (Å²) in [6.45, 7) is 5.97. The molecule has 0 saturated heterocycles. The van der Waals surface area contributed by atoms with Gasteiger partial charge in [0.25, 0.3) is 0 Å². The molecule has 0 unspecified atom stereocenters. The van der Waals surface area contributed by atoms with E-state index in [-0.39, 0.29) is 5.97 Å². The van der Waals surface area contributed by atoms with E-state index in [1.807, 2.05) is 6.08 Å². The van der Waals surface area contributed by atoms with Crippen molar-refractivity contribution >= 4 is 5.97 Å². The summed E-state index contributed by atoms with van der Waals surface area (Å²) in [7, 11) is 0. The van der Waals surface area contributed by atoms with Gasteiger partial charge in [0.1, 0.15) is 0 Å². The molecule has 0 aromatic carbocycles. The molecule has 94 valence electrons. The van der Waals surface area contributed by atoms with Crippen LogP contribution in [0.4, 0.5) is 0 Å². The highest BCUT2D eigenvalue weighted by Gasteiger charge is 1.94. The van der Waals surface area contributed by atoms with Crippen molar-refractivity contribution in [1.82, 2.24) is 0 Å². The van der Waals surface area contributed by atoms with Gasteiger partial charge in [-0.1, -0.05) is 46.0 Å². The van der Waals surface area contributed by atoms with E-state index < -0.39 is 0 Å². The molecule has 0 atom stereocenters. The predicted octanol–water partition coefficient (Wildman–Crippen LogP) is 4.45. The quantitative estimate of drug-likeness (QED) is 0.330. The van der Waals surface area contributed by atoms with Crippen LogP contribution in [0.25, 0.3) is 0 Å². The molecule has 16 heavy (non-hydrogen) atoms. The third-order valence-electron chi connectivity index (χ3n) is 2.48. The second-order valence-electron chi connectivity index (χ2n) is 4.72. The van der Waals surface area contributed by atoms with Crippen LogP contribution in [0.3, 0.4) is 0 Å². The number of carbonyl (C=O) groups excluding carboxylic acids is 1. The number of hydrogen-bond acceptors (Lipinski definition) is 2. The molecule has 0 aliphatic heterocycles. The summed E-state index contributed by atoms with van der Waals surface area (Å²) >= 11 is 0. The first-order chi connectivity index (χ1) is 7.63. The molecule has 0 aliphatic carbocycles. The maximum Gasteiger partial charge on any atom is 0.307 e. The second kappa shape index (κ2) is 10.7. The number of rotatable bonds is 9. The Kier molecular flexibility index (Phi) is 10.2. The summed E-state index contributed by atoms with van der Waals surface area (Å²) in [4.78, 5) is 10.4. The van der Waals surface area contributed by atoms with Gasteiger partial charge in [-0.05, 0) is 24.8 Å². The van der Waals surface area contributed by atoms with Crippen molar-refractivity contribution in [3.05, 3.63) is 12.3 Å². The van der Waals surface area contributed by atoms with Gasteiger partial charge in [-0.2, -0.15) is 0 Å². The highest BCUT2D eigenvalue weighted by atomic mass is 16.5. The highest BCUT2D eigenvalue weighted by Crippen LogP contribution is 2.11. The third-order valence-corrected chi connectivity index (χ3v) is 2.48. The normalized spacial score (nSPS) is 11.2. The zero-order valence-corrected chi connectivity index (χ0v) is 11.0. The van der Waals surface area contributed by atoms with E-state index in [1.165, 1.54) is 51.7 Å². The van der Waals surface area contributed by atoms with Crippen molar-refractivity contribution in [1.29, 1.82) is 0 Å². The van der Waals surface area contributed by atoms with Gasteiger partial charge in [-0.15, -0.1) is 0 Å². The van der Waals surface area contributed by atoms with E-state index in [0.29, 0.717) is 0 Å². The van der Waals surface area contributed by atoms with Gasteiger partial charge in [0, 0.05) is 6.92 Å². The van der Waals surface area contributed by atoms with Gasteiger partial charge in [0.15, 0.2) is 0 Å². The molecule has 0 aromatic rings. The minimum Gasteiger partial charge on any atom is -0.435 e. The SMILES string of the molecule is CC(=O)O/C=C\CCCCCCCC(C)C. The van der Waals surface area contributed by atoms with Gasteiger partial charge in [-0.25, -0.2) is 0 Å². The number of carbonyl (C=O) groups is 1. The third kappa shape index (κ3) is 13.2. The summed E-state index contributed by atoms with van der Waals surface area (Å²) in [5, 5.41) is 0. The molecule has 0 amide bonds. The minimum atomic E-state index is -0.245. The van der Waals surface area contributed by atoms with Crippen molar-refractivity contribution in [2.24, 2.45) is 5.92 Å². The summed E-state index contributed by atoms with van der Waals surface area (Å²) < 4.78 is 4.69. The lowest BCUT2D eigenvalue weighted by molar-refractivity contribution is -0.135. The number of esters is 1. The lowest BCUT2D eigenvalue weighted by atomic mass is 10.0. The van der Waals surface area contributed by atoms with Crippen molar-refractivity contribution in [3.8, 4) is 0 Å². The molecule has 0 spiro atoms. The molecule has 0 fully saturated rings. The maximum absolute atomic E-state index is 10.4. The number of allylic oxidation sites excluding steroid dienone is 1. The molecular weight excluding hydrogens is 200 g/mol. The molecule has 0 aromatic heterocycles. The fourth-order valence-electron chi connectivity index (χ4n) is 1.56. The first-order valence-corrected chi connectivity index (χ1v) is 6.45. The van der Waals surface area contributed by atoms with Gasteiger partial charge in [-0.3, -0.25) is 4.79 Å². The van der Waals surface area contributed by atoms with E-state index in [9.17, 15) is 4.79 Å². The van der Waals surface area contributed by atoms with Crippen LogP contribution in [0, 0.1) is 5.92 Å². The molecule has 0 saturated carbocycles. The van der Waals surface area contributed by atoms with Crippen LogP contribution in [0.1, 0.15) is 65.7 Å². The fraction of sp³-hybridized carbons (Fsp3) is 0.786. The zero-order valence-electron chi connectivity index (χ0n) is 11.0. The van der Waals surface area contributed by atoms with Gasteiger partial charge < -0.3 is 4.74 Å². The largest absolute Gasteiger partial charge is 0.435 e. The molecule has 0 N–H and O–H groups in total. The lowest BCUT2D eigenvalue weighted by Crippen LogP contribution is -1.89. The highest BCUT2D eigenvalue weighted by molar-refractivity contribution is 5.66. The van der Waals surface area contributed by atoms with E-state index in [0.717, 1.165) is 12.3 Å². The smallest absolute Gasteiger partial charge is 0.307 e. The Morgan fingerprint density at radius 3 is 2.38 bits per heavy atom. The van der Waals surface area contributed by atoms with E-state index in [2.05, 4.69) is 13.8 Å². The van der Waals surface area contributed by atoms with Gasteiger partial charge >= 0.3 is 5.97 Å². The minimum absolute atomic E-state index is 0.245. The summed E-state index contributed by atoms with van der Waals surface area (Å²) in [5.74, 6) is 0.594. The van der Waals surface area contributed by atoms with E-state index in [4.69, 9.17) is 4.74 Å². The van der Waals surface area contributed by atoms with Crippen molar-refractivity contribution < 1.29 is 9.53 Å². The zero-order chi connectivity index (χ0) is 12.2. The van der Waals surface area contributed by atoms with Crippen molar-refractivity contribution in [3.63, 3.8) is 0 Å². The Balaban J connectivity index is 3.09. The topological polar surface area (TPSA) is 26.3 Å². The Bertz CT molecular complexity index is 195. The summed E-state index contributed by atoms with van der Waals surface area (Å²) in [5.41, 5.74) is 0. The summed E-state index contributed by atoms with van der Waals surface area (Å²) in [6.07, 6.45) is 12.3. The standard InChI is InChI=1S/C14H26O2/c1-13(2)11-9-7-5-4-6-8-10-12-16-14(3)15/h10,12-13H,4-9,11H2,1-3H3/b12-10-. The molecule has 0 bridgehead atoms. The summed E-state index contributed by atoms with van der Waals surface area (Å²) in [6, 6.07) is 0. The Morgan fingerprint density at radius 1 is 1.12 bits per heavy atom. The average molecular weight is 226 g/mol. The fourth-order valence-corrected chi connectivity index (χ4v) is 1.56. The van der Waals surface area contributed by atoms with Crippen molar-refractivity contribution in [2.75, 3.05) is 0 Å². The van der Waals surface area contributed by atoms with Crippen LogP contribution in [0.15, 0.2) is 12.3 Å². The van der Waals surface area contributed by atoms with Crippen LogP contribution < -0.4 is 0 Å². The molecule has 2 heteroatoms. The van der Waals surface area contributed by atoms with Crippen LogP contribution >= 0.6 is 0 Å². The van der Waals surface area contributed by atoms with Crippen LogP contribution in [-0.4, -0.2) is 5.97 Å². The number of ether oxygens (including phenoxy) is 1. The molecule has 0 aliphatic rings. The molecule has 2 nitrogen and oxygen atoms in total. The van der Waals surface area contributed by atoms with Crippen LogP contribution in [0.5, 0.6) is 0 Å². The van der Waals surface area contributed by atoms with E-state index in [1.54, 1.807) is 0 Å². The second-order valence-corrected chi connectivity index (χ2v) is 4.72. The maximum atomic E-state index is 10.4. The van der Waals surface area contributed by atoms with Gasteiger partial charge in [0.2, 0.25) is 0 Å². The Morgan fingerprint density at radius 2 is 1.75 bits per heavy atom. The molecule has 0 rings (SSSR count). The average Bonchev–Trinajstić information content (AvgIpc) is 2.20. The Hall–Kier alpha value is -0.790. The van der Waals surface area contributed by atoms with E-state index >= 15 is 0 Å².